The van der Waals surface area contributed by atoms with Crippen LogP contribution in [0.3, 0.4) is 0 Å². The third kappa shape index (κ3) is 4.17. The molecule has 8 nitrogen and oxygen atoms in total. The summed E-state index contributed by atoms with van der Waals surface area (Å²) in [7, 11) is 0. The maximum Gasteiger partial charge on any atom is 0.241 e. The fourth-order valence-corrected chi connectivity index (χ4v) is 4.30. The summed E-state index contributed by atoms with van der Waals surface area (Å²) in [6.45, 7) is 4.65. The van der Waals surface area contributed by atoms with Crippen molar-refractivity contribution in [2.75, 3.05) is 39.4 Å². The topological polar surface area (TPSA) is 80.9 Å². The standard InChI is InChI=1S/C21H22N4O4S/c26-20(13-15-3-4-16-17(12-15)28-10-9-27-16)25-7-5-24(6-8-25)14-19-22-21(23-29-19)18-2-1-11-30-18/h1-4,11-12H,5-10,13-14H2. The molecule has 0 bridgehead atoms. The molecule has 2 aliphatic rings. The molecule has 156 valence electrons. The number of carbonyl (C=O) groups is 1. The molecule has 0 saturated carbocycles. The lowest BCUT2D eigenvalue weighted by Crippen LogP contribution is -2.48. The van der Waals surface area contributed by atoms with Gasteiger partial charge < -0.3 is 18.9 Å². The Hall–Kier alpha value is -2.91. The van der Waals surface area contributed by atoms with Gasteiger partial charge in [-0.2, -0.15) is 4.98 Å². The van der Waals surface area contributed by atoms with Crippen molar-refractivity contribution in [1.82, 2.24) is 19.9 Å². The van der Waals surface area contributed by atoms with Gasteiger partial charge in [0.1, 0.15) is 13.2 Å². The quantitative estimate of drug-likeness (QED) is 0.620. The van der Waals surface area contributed by atoms with Crippen molar-refractivity contribution in [2.24, 2.45) is 0 Å². The fourth-order valence-electron chi connectivity index (χ4n) is 3.66. The number of carbonyl (C=O) groups excluding carboxylic acids is 1. The predicted octanol–water partition coefficient (Wildman–Crippen LogP) is 2.46. The van der Waals surface area contributed by atoms with Crippen molar-refractivity contribution in [2.45, 2.75) is 13.0 Å². The average molecular weight is 426 g/mol. The van der Waals surface area contributed by atoms with Gasteiger partial charge in [-0.05, 0) is 29.1 Å². The third-order valence-corrected chi connectivity index (χ3v) is 6.12. The summed E-state index contributed by atoms with van der Waals surface area (Å²) in [6, 6.07) is 9.67. The average Bonchev–Trinajstić information content (AvgIpc) is 3.46. The molecule has 30 heavy (non-hydrogen) atoms. The minimum atomic E-state index is 0.129. The number of aromatic nitrogens is 2. The van der Waals surface area contributed by atoms with Gasteiger partial charge in [0, 0.05) is 26.2 Å². The van der Waals surface area contributed by atoms with Gasteiger partial charge >= 0.3 is 0 Å². The van der Waals surface area contributed by atoms with E-state index in [1.807, 2.05) is 40.6 Å². The number of ether oxygens (including phenoxy) is 2. The van der Waals surface area contributed by atoms with E-state index in [2.05, 4.69) is 15.0 Å². The van der Waals surface area contributed by atoms with Crippen LogP contribution in [-0.4, -0.2) is 65.2 Å². The van der Waals surface area contributed by atoms with Crippen molar-refractivity contribution in [1.29, 1.82) is 0 Å². The Morgan fingerprint density at radius 3 is 2.70 bits per heavy atom. The van der Waals surface area contributed by atoms with Gasteiger partial charge in [0.05, 0.1) is 17.8 Å². The number of piperazine rings is 1. The molecule has 3 aromatic rings. The number of amides is 1. The molecule has 1 saturated heterocycles. The lowest BCUT2D eigenvalue weighted by Gasteiger charge is -2.34. The fraction of sp³-hybridized carbons (Fsp3) is 0.381. The third-order valence-electron chi connectivity index (χ3n) is 5.26. The van der Waals surface area contributed by atoms with Crippen LogP contribution in [0.5, 0.6) is 11.5 Å². The van der Waals surface area contributed by atoms with Crippen LogP contribution in [-0.2, 0) is 17.8 Å². The summed E-state index contributed by atoms with van der Waals surface area (Å²) in [6.07, 6.45) is 0.366. The number of hydrogen-bond acceptors (Lipinski definition) is 8. The first-order valence-electron chi connectivity index (χ1n) is 10.00. The summed E-state index contributed by atoms with van der Waals surface area (Å²) < 4.78 is 16.5. The molecule has 0 spiro atoms. The number of thiophene rings is 1. The summed E-state index contributed by atoms with van der Waals surface area (Å²) >= 11 is 1.59. The number of rotatable bonds is 5. The Morgan fingerprint density at radius 1 is 1.07 bits per heavy atom. The van der Waals surface area contributed by atoms with Crippen LogP contribution < -0.4 is 9.47 Å². The Kier molecular flexibility index (Phi) is 5.37. The molecule has 9 heteroatoms. The summed E-state index contributed by atoms with van der Waals surface area (Å²) in [4.78, 5) is 22.4. The lowest BCUT2D eigenvalue weighted by molar-refractivity contribution is -0.132. The number of hydrogen-bond donors (Lipinski definition) is 0. The van der Waals surface area contributed by atoms with Gasteiger partial charge in [0.2, 0.25) is 17.6 Å². The van der Waals surface area contributed by atoms with Crippen LogP contribution in [0.25, 0.3) is 10.7 Å². The zero-order chi connectivity index (χ0) is 20.3. The van der Waals surface area contributed by atoms with Gasteiger partial charge in [-0.3, -0.25) is 9.69 Å². The van der Waals surface area contributed by atoms with Gasteiger partial charge in [-0.15, -0.1) is 11.3 Å². The molecule has 2 aromatic heterocycles. The lowest BCUT2D eigenvalue weighted by atomic mass is 10.1. The predicted molar refractivity (Wildman–Crippen MR) is 111 cm³/mol. The number of nitrogens with zero attached hydrogens (tertiary/aromatic N) is 4. The first-order chi connectivity index (χ1) is 14.7. The van der Waals surface area contributed by atoms with Gasteiger partial charge in [-0.1, -0.05) is 17.3 Å². The maximum atomic E-state index is 12.7. The largest absolute Gasteiger partial charge is 0.486 e. The van der Waals surface area contributed by atoms with Crippen molar-refractivity contribution >= 4 is 17.2 Å². The second kappa shape index (κ2) is 8.45. The first-order valence-corrected chi connectivity index (χ1v) is 10.9. The number of fused-ring (bicyclic) bond motifs is 1. The highest BCUT2D eigenvalue weighted by molar-refractivity contribution is 7.13. The van der Waals surface area contributed by atoms with Crippen LogP contribution >= 0.6 is 11.3 Å². The van der Waals surface area contributed by atoms with Crippen molar-refractivity contribution < 1.29 is 18.8 Å². The Labute approximate surface area is 178 Å². The van der Waals surface area contributed by atoms with E-state index < -0.39 is 0 Å². The van der Waals surface area contributed by atoms with Gasteiger partial charge in [0.25, 0.3) is 0 Å². The van der Waals surface area contributed by atoms with Crippen LogP contribution in [0.1, 0.15) is 11.5 Å². The zero-order valence-corrected chi connectivity index (χ0v) is 17.3. The Bertz CT molecular complexity index is 1010. The summed E-state index contributed by atoms with van der Waals surface area (Å²) in [5, 5.41) is 6.05. The normalized spacial score (nSPS) is 16.6. The second-order valence-corrected chi connectivity index (χ2v) is 8.25. The highest BCUT2D eigenvalue weighted by Gasteiger charge is 2.23. The van der Waals surface area contributed by atoms with E-state index in [1.165, 1.54) is 0 Å². The molecule has 2 aliphatic heterocycles. The molecule has 1 fully saturated rings. The molecule has 0 radical (unpaired) electrons. The highest BCUT2D eigenvalue weighted by atomic mass is 32.1. The molecule has 5 rings (SSSR count). The number of benzene rings is 1. The van der Waals surface area contributed by atoms with Gasteiger partial charge in [0.15, 0.2) is 11.5 Å². The molecular weight excluding hydrogens is 404 g/mol. The van der Waals surface area contributed by atoms with E-state index in [0.29, 0.717) is 51.0 Å². The summed E-state index contributed by atoms with van der Waals surface area (Å²) in [5.74, 6) is 2.83. The Morgan fingerprint density at radius 2 is 1.90 bits per heavy atom. The van der Waals surface area contributed by atoms with Crippen LogP contribution in [0.2, 0.25) is 0 Å². The molecule has 0 N–H and O–H groups in total. The SMILES string of the molecule is O=C(Cc1ccc2c(c1)OCCO2)N1CCN(Cc2nc(-c3cccs3)no2)CC1. The van der Waals surface area contributed by atoms with Crippen LogP contribution in [0.4, 0.5) is 0 Å². The molecule has 0 aliphatic carbocycles. The van der Waals surface area contributed by atoms with Gasteiger partial charge in [-0.25, -0.2) is 0 Å². The van der Waals surface area contributed by atoms with E-state index in [1.54, 1.807) is 11.3 Å². The second-order valence-electron chi connectivity index (χ2n) is 7.30. The molecule has 0 unspecified atom stereocenters. The van der Waals surface area contributed by atoms with Crippen molar-refractivity contribution in [3.05, 3.63) is 47.2 Å². The van der Waals surface area contributed by atoms with E-state index in [9.17, 15) is 4.79 Å². The van der Waals surface area contributed by atoms with E-state index in [0.717, 1.165) is 35.0 Å². The molecule has 1 amide bonds. The highest BCUT2D eigenvalue weighted by Crippen LogP contribution is 2.31. The van der Waals surface area contributed by atoms with Crippen molar-refractivity contribution in [3.63, 3.8) is 0 Å². The minimum Gasteiger partial charge on any atom is -0.486 e. The first kappa shape index (κ1) is 19.1. The van der Waals surface area contributed by atoms with E-state index in [4.69, 9.17) is 14.0 Å². The molecular formula is C21H22N4O4S. The molecule has 1 aromatic carbocycles. The smallest absolute Gasteiger partial charge is 0.241 e. The van der Waals surface area contributed by atoms with E-state index >= 15 is 0 Å². The van der Waals surface area contributed by atoms with E-state index in [-0.39, 0.29) is 5.91 Å². The molecule has 0 atom stereocenters. The Balaban J connectivity index is 1.13. The monoisotopic (exact) mass is 426 g/mol. The zero-order valence-electron chi connectivity index (χ0n) is 16.5. The van der Waals surface area contributed by atoms with Crippen LogP contribution in [0.15, 0.2) is 40.2 Å². The van der Waals surface area contributed by atoms with Crippen LogP contribution in [0, 0.1) is 0 Å². The minimum absolute atomic E-state index is 0.129. The summed E-state index contributed by atoms with van der Waals surface area (Å²) in [5.41, 5.74) is 0.943. The molecule has 4 heterocycles. The van der Waals surface area contributed by atoms with Crippen molar-refractivity contribution in [3.8, 4) is 22.2 Å². The maximum absolute atomic E-state index is 12.7.